The van der Waals surface area contributed by atoms with Crippen molar-refractivity contribution in [3.63, 3.8) is 0 Å². The van der Waals surface area contributed by atoms with E-state index in [-0.39, 0.29) is 17.9 Å². The molecule has 2 fully saturated rings. The van der Waals surface area contributed by atoms with Crippen LogP contribution in [0, 0.1) is 5.92 Å². The molecular weight excluding hydrogens is 370 g/mol. The molecule has 2 saturated heterocycles. The van der Waals surface area contributed by atoms with Crippen LogP contribution in [-0.2, 0) is 33.0 Å². The molecule has 1 aromatic carbocycles. The number of para-hydroxylation sites is 1. The van der Waals surface area contributed by atoms with E-state index in [4.69, 9.17) is 4.74 Å². The van der Waals surface area contributed by atoms with Gasteiger partial charge in [-0.25, -0.2) is 0 Å². The Bertz CT molecular complexity index is 957. The summed E-state index contributed by atoms with van der Waals surface area (Å²) in [5, 5.41) is 13.2. The second-order valence-corrected chi connectivity index (χ2v) is 8.08. The lowest BCUT2D eigenvalue weighted by atomic mass is 9.78. The van der Waals surface area contributed by atoms with Crippen LogP contribution in [0.15, 0.2) is 30.3 Å². The lowest BCUT2D eigenvalue weighted by Crippen LogP contribution is -2.54. The number of amides is 2. The molecule has 8 nitrogen and oxygen atoms in total. The van der Waals surface area contributed by atoms with E-state index in [1.807, 2.05) is 30.3 Å². The highest BCUT2D eigenvalue weighted by Gasteiger charge is 2.65. The monoisotopic (exact) mass is 395 g/mol. The number of hydrogen-bond acceptors (Lipinski definition) is 5. The predicted octanol–water partition coefficient (Wildman–Crippen LogP) is 1.50. The van der Waals surface area contributed by atoms with Gasteiger partial charge < -0.3 is 15.4 Å². The van der Waals surface area contributed by atoms with Gasteiger partial charge in [-0.05, 0) is 37.9 Å². The van der Waals surface area contributed by atoms with Gasteiger partial charge in [-0.3, -0.25) is 19.6 Å². The third-order valence-corrected chi connectivity index (χ3v) is 6.52. The highest BCUT2D eigenvalue weighted by Crippen LogP contribution is 2.55. The van der Waals surface area contributed by atoms with Crippen molar-refractivity contribution >= 4 is 17.5 Å². The van der Waals surface area contributed by atoms with Crippen molar-refractivity contribution in [2.75, 3.05) is 19.0 Å². The van der Waals surface area contributed by atoms with Crippen molar-refractivity contribution in [1.82, 2.24) is 20.4 Å². The summed E-state index contributed by atoms with van der Waals surface area (Å²) in [6.45, 7) is 1.61. The van der Waals surface area contributed by atoms with Crippen molar-refractivity contribution in [2.24, 2.45) is 5.92 Å². The summed E-state index contributed by atoms with van der Waals surface area (Å²) in [6, 6.07) is 9.91. The van der Waals surface area contributed by atoms with Crippen LogP contribution in [0.1, 0.15) is 36.2 Å². The number of benzene rings is 1. The van der Waals surface area contributed by atoms with Crippen LogP contribution in [0.5, 0.6) is 0 Å². The molecule has 3 atom stereocenters. The molecule has 3 aliphatic heterocycles. The minimum absolute atomic E-state index is 0.0767. The summed E-state index contributed by atoms with van der Waals surface area (Å²) in [7, 11) is 1.62. The van der Waals surface area contributed by atoms with Gasteiger partial charge in [0.15, 0.2) is 0 Å². The first-order valence-electron chi connectivity index (χ1n) is 10.1. The van der Waals surface area contributed by atoms with E-state index in [0.717, 1.165) is 42.0 Å². The van der Waals surface area contributed by atoms with Gasteiger partial charge in [0.1, 0.15) is 5.54 Å². The zero-order valence-corrected chi connectivity index (χ0v) is 16.4. The van der Waals surface area contributed by atoms with Gasteiger partial charge in [0.2, 0.25) is 11.8 Å². The molecule has 29 heavy (non-hydrogen) atoms. The van der Waals surface area contributed by atoms with Gasteiger partial charge in [0, 0.05) is 24.4 Å². The number of nitrogens with zero attached hydrogens (tertiary/aromatic N) is 2. The summed E-state index contributed by atoms with van der Waals surface area (Å²) in [5.41, 5.74) is 2.45. The molecule has 0 radical (unpaired) electrons. The van der Waals surface area contributed by atoms with E-state index in [2.05, 4.69) is 25.7 Å². The van der Waals surface area contributed by atoms with E-state index >= 15 is 0 Å². The van der Waals surface area contributed by atoms with Crippen LogP contribution < -0.4 is 10.6 Å². The Hall–Kier alpha value is -2.71. The molecule has 8 heteroatoms. The Morgan fingerprint density at radius 3 is 3.14 bits per heavy atom. The van der Waals surface area contributed by atoms with Gasteiger partial charge in [0.25, 0.3) is 0 Å². The van der Waals surface area contributed by atoms with Gasteiger partial charge in [-0.15, -0.1) is 0 Å². The second-order valence-electron chi connectivity index (χ2n) is 8.08. The number of aromatic amines is 1. The number of methoxy groups -OCH3 is 1. The van der Waals surface area contributed by atoms with E-state index in [0.29, 0.717) is 19.6 Å². The predicted molar refractivity (Wildman–Crippen MR) is 106 cm³/mol. The van der Waals surface area contributed by atoms with Crippen molar-refractivity contribution in [2.45, 2.75) is 44.0 Å². The summed E-state index contributed by atoms with van der Waals surface area (Å²) in [4.78, 5) is 28.9. The maximum absolute atomic E-state index is 13.3. The average Bonchev–Trinajstić information content (AvgIpc) is 3.46. The summed E-state index contributed by atoms with van der Waals surface area (Å²) in [6.07, 6.45) is 2.79. The number of carbonyl (C=O) groups excluding carboxylic acids is 2. The molecule has 1 spiro atoms. The van der Waals surface area contributed by atoms with E-state index in [1.165, 1.54) is 0 Å². The zero-order valence-electron chi connectivity index (χ0n) is 16.4. The number of H-pyrrole nitrogens is 1. The lowest BCUT2D eigenvalue weighted by molar-refractivity contribution is -0.137. The molecule has 2 amide bonds. The highest BCUT2D eigenvalue weighted by atomic mass is 16.5. The van der Waals surface area contributed by atoms with E-state index < -0.39 is 11.5 Å². The zero-order chi connectivity index (χ0) is 20.0. The quantitative estimate of drug-likeness (QED) is 0.713. The minimum Gasteiger partial charge on any atom is -0.378 e. The Labute approximate surface area is 169 Å². The molecular formula is C21H25N5O3. The normalized spacial score (nSPS) is 27.8. The molecule has 3 N–H and O–H groups in total. The molecule has 1 aromatic heterocycles. The third kappa shape index (κ3) is 2.70. The van der Waals surface area contributed by atoms with Crippen LogP contribution in [0.3, 0.4) is 0 Å². The molecule has 152 valence electrons. The van der Waals surface area contributed by atoms with Crippen LogP contribution >= 0.6 is 0 Å². The maximum Gasteiger partial charge on any atom is 0.250 e. The Morgan fingerprint density at radius 2 is 2.28 bits per heavy atom. The fraction of sp³-hybridized carbons (Fsp3) is 0.476. The van der Waals surface area contributed by atoms with Crippen LogP contribution in [0.25, 0.3) is 0 Å². The Balaban J connectivity index is 1.42. The van der Waals surface area contributed by atoms with Crippen molar-refractivity contribution in [1.29, 1.82) is 0 Å². The first-order valence-corrected chi connectivity index (χ1v) is 10.1. The molecule has 0 unspecified atom stereocenters. The molecule has 0 aliphatic carbocycles. The van der Waals surface area contributed by atoms with Gasteiger partial charge in [-0.2, -0.15) is 5.10 Å². The number of ether oxygens (including phenoxy) is 1. The van der Waals surface area contributed by atoms with Crippen LogP contribution in [-0.4, -0.2) is 46.6 Å². The van der Waals surface area contributed by atoms with Crippen molar-refractivity contribution < 1.29 is 14.3 Å². The lowest BCUT2D eigenvalue weighted by Gasteiger charge is -2.36. The number of aromatic nitrogens is 2. The summed E-state index contributed by atoms with van der Waals surface area (Å²) >= 11 is 0. The number of fused-ring (bicyclic) bond motifs is 4. The standard InChI is InChI=1S/C21H25N5O3/c1-29-12-14-9-13(24-25-14)11-22-19(27)17-10-15-5-4-8-26(15)21(17)16-6-2-3-7-18(16)23-20(21)28/h2-3,6-7,9,15,17H,4-5,8,10-12H2,1H3,(H,22,27)(H,23,28)(H,24,25)/t15-,17-,21+/m1/s1. The molecule has 5 rings (SSSR count). The molecule has 2 aromatic rings. The largest absolute Gasteiger partial charge is 0.378 e. The van der Waals surface area contributed by atoms with Crippen molar-refractivity contribution in [3.8, 4) is 0 Å². The molecule has 3 aliphatic rings. The smallest absolute Gasteiger partial charge is 0.250 e. The van der Waals surface area contributed by atoms with E-state index in [1.54, 1.807) is 7.11 Å². The highest BCUT2D eigenvalue weighted by molar-refractivity contribution is 6.09. The van der Waals surface area contributed by atoms with Crippen LogP contribution in [0.2, 0.25) is 0 Å². The SMILES string of the molecule is COCc1cc(CNC(=O)[C@H]2C[C@H]3CCCN3[C@]23C(=O)Nc2ccccc23)[nH]n1. The number of anilines is 1. The molecule has 4 heterocycles. The van der Waals surface area contributed by atoms with Gasteiger partial charge in [0.05, 0.1) is 30.5 Å². The van der Waals surface area contributed by atoms with Gasteiger partial charge >= 0.3 is 0 Å². The first-order chi connectivity index (χ1) is 14.1. The van der Waals surface area contributed by atoms with Crippen molar-refractivity contribution in [3.05, 3.63) is 47.3 Å². The number of carbonyl (C=O) groups is 2. The molecule has 0 saturated carbocycles. The number of nitrogens with one attached hydrogen (secondary N) is 3. The number of rotatable bonds is 5. The average molecular weight is 395 g/mol. The minimum atomic E-state index is -0.906. The third-order valence-electron chi connectivity index (χ3n) is 6.52. The van der Waals surface area contributed by atoms with E-state index in [9.17, 15) is 9.59 Å². The van der Waals surface area contributed by atoms with Gasteiger partial charge in [-0.1, -0.05) is 18.2 Å². The summed E-state index contributed by atoms with van der Waals surface area (Å²) in [5.74, 6) is -0.584. The fourth-order valence-corrected chi connectivity index (χ4v) is 5.41. The fourth-order valence-electron chi connectivity index (χ4n) is 5.41. The Kier molecular flexibility index (Phi) is 4.40. The maximum atomic E-state index is 13.3. The summed E-state index contributed by atoms with van der Waals surface area (Å²) < 4.78 is 5.08. The number of hydrogen-bond donors (Lipinski definition) is 3. The second kappa shape index (κ2) is 6.96. The van der Waals surface area contributed by atoms with Crippen LogP contribution in [0.4, 0.5) is 5.69 Å². The molecule has 0 bridgehead atoms. The Morgan fingerprint density at radius 1 is 1.41 bits per heavy atom. The topological polar surface area (TPSA) is 99.4 Å². The first kappa shape index (κ1) is 18.3.